The predicted molar refractivity (Wildman–Crippen MR) is 91.8 cm³/mol. The molecular formula is C12H26OS4. The van der Waals surface area contributed by atoms with E-state index in [0.717, 1.165) is 63.2 Å². The molecule has 1 nitrogen and oxygen atoms in total. The van der Waals surface area contributed by atoms with Crippen LogP contribution in [-0.4, -0.2) is 35.2 Å². The van der Waals surface area contributed by atoms with Crippen LogP contribution in [0.15, 0.2) is 0 Å². The second-order valence-electron chi connectivity index (χ2n) is 4.23. The highest BCUT2D eigenvalue weighted by Crippen LogP contribution is 2.11. The molecule has 2 atom stereocenters. The van der Waals surface area contributed by atoms with Crippen LogP contribution in [0, 0.1) is 0 Å². The first-order valence-corrected chi connectivity index (χ1v) is 8.66. The van der Waals surface area contributed by atoms with Crippen molar-refractivity contribution in [1.82, 2.24) is 0 Å². The molecule has 0 bridgehead atoms. The van der Waals surface area contributed by atoms with Gasteiger partial charge in [-0.25, -0.2) is 0 Å². The molecule has 0 rings (SSSR count). The number of hydrogen-bond acceptors (Lipinski definition) is 5. The van der Waals surface area contributed by atoms with E-state index in [2.05, 4.69) is 50.5 Å². The summed E-state index contributed by atoms with van der Waals surface area (Å²) in [5.74, 6) is 1.84. The number of hydrogen-bond donors (Lipinski definition) is 4. The molecule has 0 aliphatic heterocycles. The van der Waals surface area contributed by atoms with Crippen LogP contribution in [-0.2, 0) is 4.74 Å². The highest BCUT2D eigenvalue weighted by atomic mass is 32.1. The zero-order valence-corrected chi connectivity index (χ0v) is 14.0. The predicted octanol–water partition coefficient (Wildman–Crippen LogP) is 3.80. The fourth-order valence-corrected chi connectivity index (χ4v) is 3.18. The van der Waals surface area contributed by atoms with E-state index < -0.39 is 0 Å². The average molecular weight is 315 g/mol. The Balaban J connectivity index is 3.13. The molecule has 0 radical (unpaired) electrons. The fraction of sp³-hybridized carbons (Fsp3) is 1.00. The molecule has 5 heteroatoms. The zero-order chi connectivity index (χ0) is 12.9. The van der Waals surface area contributed by atoms with Crippen molar-refractivity contribution in [2.24, 2.45) is 0 Å². The molecule has 0 amide bonds. The summed E-state index contributed by atoms with van der Waals surface area (Å²) in [7, 11) is 0. The Hall–Kier alpha value is 1.36. The van der Waals surface area contributed by atoms with Crippen molar-refractivity contribution in [3.05, 3.63) is 0 Å². The molecule has 0 spiro atoms. The third-order valence-electron chi connectivity index (χ3n) is 2.58. The van der Waals surface area contributed by atoms with Crippen LogP contribution in [0.25, 0.3) is 0 Å². The summed E-state index contributed by atoms with van der Waals surface area (Å²) in [4.78, 5) is 0. The molecule has 0 aromatic rings. The monoisotopic (exact) mass is 314 g/mol. The van der Waals surface area contributed by atoms with E-state index in [-0.39, 0.29) is 0 Å². The summed E-state index contributed by atoms with van der Waals surface area (Å²) in [6.45, 7) is 1.71. The Labute approximate surface area is 128 Å². The molecule has 0 N–H and O–H groups in total. The third kappa shape index (κ3) is 13.6. The Morgan fingerprint density at radius 2 is 1.12 bits per heavy atom. The van der Waals surface area contributed by atoms with Gasteiger partial charge in [-0.2, -0.15) is 50.5 Å². The molecule has 0 saturated heterocycles. The minimum atomic E-state index is 0.480. The molecular weight excluding hydrogens is 288 g/mol. The number of thiol groups is 4. The highest BCUT2D eigenvalue weighted by Gasteiger charge is 2.02. The van der Waals surface area contributed by atoms with E-state index in [0.29, 0.717) is 10.5 Å². The summed E-state index contributed by atoms with van der Waals surface area (Å²) in [6, 6.07) is 0. The van der Waals surface area contributed by atoms with E-state index in [1.54, 1.807) is 0 Å². The summed E-state index contributed by atoms with van der Waals surface area (Å²) in [6.07, 6.45) is 6.61. The van der Waals surface area contributed by atoms with Gasteiger partial charge in [0.2, 0.25) is 0 Å². The molecule has 0 aliphatic carbocycles. The van der Waals surface area contributed by atoms with Gasteiger partial charge in [0.15, 0.2) is 0 Å². The van der Waals surface area contributed by atoms with Gasteiger partial charge in [0.25, 0.3) is 0 Å². The van der Waals surface area contributed by atoms with Gasteiger partial charge in [0.1, 0.15) is 0 Å². The summed E-state index contributed by atoms with van der Waals surface area (Å²) in [5.41, 5.74) is 0. The van der Waals surface area contributed by atoms with E-state index >= 15 is 0 Å². The van der Waals surface area contributed by atoms with Crippen LogP contribution in [0.1, 0.15) is 38.5 Å². The first-order valence-electron chi connectivity index (χ1n) is 6.36. The Bertz CT molecular complexity index is 141. The zero-order valence-electron chi connectivity index (χ0n) is 10.4. The Morgan fingerprint density at radius 3 is 1.47 bits per heavy atom. The minimum absolute atomic E-state index is 0.480. The van der Waals surface area contributed by atoms with Crippen LogP contribution in [0.2, 0.25) is 0 Å². The van der Waals surface area contributed by atoms with Crippen molar-refractivity contribution in [2.45, 2.75) is 49.0 Å². The molecule has 104 valence electrons. The molecule has 0 aromatic heterocycles. The third-order valence-corrected chi connectivity index (χ3v) is 4.13. The lowest BCUT2D eigenvalue weighted by molar-refractivity contribution is 0.126. The van der Waals surface area contributed by atoms with Gasteiger partial charge < -0.3 is 4.74 Å². The van der Waals surface area contributed by atoms with Gasteiger partial charge in [-0.1, -0.05) is 0 Å². The van der Waals surface area contributed by atoms with E-state index in [9.17, 15) is 0 Å². The van der Waals surface area contributed by atoms with E-state index in [4.69, 9.17) is 4.74 Å². The molecule has 0 heterocycles. The van der Waals surface area contributed by atoms with Gasteiger partial charge >= 0.3 is 0 Å². The van der Waals surface area contributed by atoms with Crippen molar-refractivity contribution in [1.29, 1.82) is 0 Å². The maximum atomic E-state index is 5.58. The van der Waals surface area contributed by atoms with Crippen LogP contribution >= 0.6 is 50.5 Å². The smallest absolute Gasteiger partial charge is 0.0466 e. The SMILES string of the molecule is SCCC(S)CCCOCCCC(S)CCS. The Kier molecular flexibility index (Phi) is 14.9. The normalized spacial score (nSPS) is 14.8. The van der Waals surface area contributed by atoms with Gasteiger partial charge in [0, 0.05) is 23.7 Å². The van der Waals surface area contributed by atoms with Crippen LogP contribution in [0.4, 0.5) is 0 Å². The maximum Gasteiger partial charge on any atom is 0.0466 e. The molecule has 0 aliphatic rings. The first kappa shape index (κ1) is 18.4. The molecule has 2 unspecified atom stereocenters. The molecule has 0 aromatic carbocycles. The standard InChI is InChI=1S/C12H26OS4/c14-9-5-11(16)3-1-7-13-8-2-4-12(17)6-10-15/h11-12,14-17H,1-10H2. The van der Waals surface area contributed by atoms with E-state index in [1.807, 2.05) is 0 Å². The molecule has 17 heavy (non-hydrogen) atoms. The van der Waals surface area contributed by atoms with Crippen molar-refractivity contribution in [3.8, 4) is 0 Å². The second-order valence-corrected chi connectivity index (χ2v) is 6.58. The fourth-order valence-electron chi connectivity index (χ4n) is 1.53. The quantitative estimate of drug-likeness (QED) is 0.317. The second kappa shape index (κ2) is 13.8. The molecule has 0 fully saturated rings. The minimum Gasteiger partial charge on any atom is -0.381 e. The van der Waals surface area contributed by atoms with Gasteiger partial charge in [-0.3, -0.25) is 0 Å². The lowest BCUT2D eigenvalue weighted by Gasteiger charge is -2.10. The highest BCUT2D eigenvalue weighted by molar-refractivity contribution is 7.81. The molecule has 0 saturated carbocycles. The largest absolute Gasteiger partial charge is 0.381 e. The van der Waals surface area contributed by atoms with Crippen LogP contribution < -0.4 is 0 Å². The lowest BCUT2D eigenvalue weighted by atomic mass is 10.2. The topological polar surface area (TPSA) is 9.23 Å². The average Bonchev–Trinajstić information content (AvgIpc) is 2.28. The van der Waals surface area contributed by atoms with Gasteiger partial charge in [0.05, 0.1) is 0 Å². The van der Waals surface area contributed by atoms with Crippen LogP contribution in [0.5, 0.6) is 0 Å². The van der Waals surface area contributed by atoms with Gasteiger partial charge in [-0.05, 0) is 50.0 Å². The summed E-state index contributed by atoms with van der Waals surface area (Å²) >= 11 is 17.4. The Morgan fingerprint density at radius 1 is 0.706 bits per heavy atom. The van der Waals surface area contributed by atoms with Crippen LogP contribution in [0.3, 0.4) is 0 Å². The van der Waals surface area contributed by atoms with Crippen molar-refractivity contribution < 1.29 is 4.74 Å². The first-order chi connectivity index (χ1) is 8.20. The van der Waals surface area contributed by atoms with E-state index in [1.165, 1.54) is 0 Å². The van der Waals surface area contributed by atoms with Crippen molar-refractivity contribution in [3.63, 3.8) is 0 Å². The summed E-state index contributed by atoms with van der Waals surface area (Å²) in [5, 5.41) is 0.960. The summed E-state index contributed by atoms with van der Waals surface area (Å²) < 4.78 is 5.58. The van der Waals surface area contributed by atoms with Crippen molar-refractivity contribution >= 4 is 50.5 Å². The number of rotatable bonds is 12. The maximum absolute atomic E-state index is 5.58. The van der Waals surface area contributed by atoms with Crippen molar-refractivity contribution in [2.75, 3.05) is 24.7 Å². The lowest BCUT2D eigenvalue weighted by Crippen LogP contribution is -2.05. The van der Waals surface area contributed by atoms with Gasteiger partial charge in [-0.15, -0.1) is 0 Å². The number of ether oxygens (including phenoxy) is 1.